The summed E-state index contributed by atoms with van der Waals surface area (Å²) in [5.41, 5.74) is 0.727. The number of carboxylic acid groups (broad SMARTS) is 1. The van der Waals surface area contributed by atoms with E-state index in [1.165, 1.54) is 0 Å². The Kier molecular flexibility index (Phi) is 12.0. The van der Waals surface area contributed by atoms with Gasteiger partial charge in [0.15, 0.2) is 0 Å². The summed E-state index contributed by atoms with van der Waals surface area (Å²) >= 11 is 0. The van der Waals surface area contributed by atoms with E-state index in [4.69, 9.17) is 5.11 Å². The summed E-state index contributed by atoms with van der Waals surface area (Å²) in [5, 5.41) is 8.29. The molecule has 0 aliphatic rings. The number of carbonyl (C=O) groups is 2. The first kappa shape index (κ1) is 16.8. The van der Waals surface area contributed by atoms with E-state index in [0.717, 1.165) is 5.56 Å². The Balaban J connectivity index is 0. The maximum absolute atomic E-state index is 10.7. The quantitative estimate of drug-likeness (QED) is 0.803. The normalized spacial score (nSPS) is 7.75. The van der Waals surface area contributed by atoms with Crippen molar-refractivity contribution in [1.82, 2.24) is 0 Å². The molecule has 90 valence electrons. The van der Waals surface area contributed by atoms with Gasteiger partial charge in [-0.15, -0.1) is 0 Å². The van der Waals surface area contributed by atoms with Gasteiger partial charge in [0.1, 0.15) is 0 Å². The molecule has 1 rings (SSSR count). The summed E-state index contributed by atoms with van der Waals surface area (Å²) in [4.78, 5) is 20.9. The van der Waals surface area contributed by atoms with E-state index in [1.807, 2.05) is 33.8 Å². The Labute approximate surface area is 97.1 Å². The zero-order valence-electron chi connectivity index (χ0n) is 10.4. The predicted octanol–water partition coefficient (Wildman–Crippen LogP) is 2.94. The molecule has 1 aromatic rings. The van der Waals surface area contributed by atoms with Crippen molar-refractivity contribution in [3.05, 3.63) is 35.9 Å². The van der Waals surface area contributed by atoms with Crippen LogP contribution >= 0.6 is 0 Å². The molecular weight excluding hydrogens is 204 g/mol. The van der Waals surface area contributed by atoms with Crippen LogP contribution in [0.5, 0.6) is 0 Å². The molecule has 0 heterocycles. The minimum Gasteiger partial charge on any atom is -0.475 e. The highest BCUT2D eigenvalue weighted by Gasteiger charge is 2.10. The summed E-state index contributed by atoms with van der Waals surface area (Å²) in [6.45, 7) is 8.00. The highest BCUT2D eigenvalue weighted by Crippen LogP contribution is 1.99. The van der Waals surface area contributed by atoms with E-state index in [0.29, 0.717) is 0 Å². The molecular formula is C13H20O3. The van der Waals surface area contributed by atoms with Crippen molar-refractivity contribution in [2.45, 2.75) is 34.1 Å². The lowest BCUT2D eigenvalue weighted by atomic mass is 10.1. The fraction of sp³-hybridized carbons (Fsp3) is 0.385. The summed E-state index contributed by atoms with van der Waals surface area (Å²) in [7, 11) is 0. The molecule has 0 bridgehead atoms. The van der Waals surface area contributed by atoms with Gasteiger partial charge >= 0.3 is 5.97 Å². The van der Waals surface area contributed by atoms with E-state index in [9.17, 15) is 9.59 Å². The molecule has 0 aromatic heterocycles. The van der Waals surface area contributed by atoms with Crippen molar-refractivity contribution < 1.29 is 14.7 Å². The Hall–Kier alpha value is -1.64. The van der Waals surface area contributed by atoms with E-state index in [-0.39, 0.29) is 6.42 Å². The molecule has 0 radical (unpaired) electrons. The zero-order chi connectivity index (χ0) is 13.0. The van der Waals surface area contributed by atoms with Crippen molar-refractivity contribution in [3.63, 3.8) is 0 Å². The SMILES string of the molecule is CC.CC.O=C(O)C(=O)Cc1ccccc1. The average molecular weight is 224 g/mol. The number of hydrogen-bond acceptors (Lipinski definition) is 2. The molecule has 0 amide bonds. The highest BCUT2D eigenvalue weighted by molar-refractivity contribution is 6.33. The first-order chi connectivity index (χ1) is 7.70. The van der Waals surface area contributed by atoms with Gasteiger partial charge in [-0.3, -0.25) is 4.79 Å². The van der Waals surface area contributed by atoms with E-state index >= 15 is 0 Å². The van der Waals surface area contributed by atoms with Crippen LogP contribution in [0.2, 0.25) is 0 Å². The minimum atomic E-state index is -1.38. The second-order valence-corrected chi connectivity index (χ2v) is 2.39. The van der Waals surface area contributed by atoms with Crippen molar-refractivity contribution in [2.75, 3.05) is 0 Å². The lowest BCUT2D eigenvalue weighted by Crippen LogP contribution is -2.14. The van der Waals surface area contributed by atoms with Crippen LogP contribution in [0.25, 0.3) is 0 Å². The molecule has 0 aliphatic heterocycles. The second kappa shape index (κ2) is 11.4. The van der Waals surface area contributed by atoms with Gasteiger partial charge in [0.05, 0.1) is 0 Å². The smallest absolute Gasteiger partial charge is 0.372 e. The summed E-state index contributed by atoms with van der Waals surface area (Å²) in [5.74, 6) is -2.15. The van der Waals surface area contributed by atoms with E-state index in [2.05, 4.69) is 0 Å². The molecule has 1 aromatic carbocycles. The number of benzene rings is 1. The van der Waals surface area contributed by atoms with E-state index < -0.39 is 11.8 Å². The third-order valence-electron chi connectivity index (χ3n) is 1.45. The lowest BCUT2D eigenvalue weighted by molar-refractivity contribution is -0.148. The number of ketones is 1. The third-order valence-corrected chi connectivity index (χ3v) is 1.45. The Morgan fingerprint density at radius 3 is 1.81 bits per heavy atom. The zero-order valence-corrected chi connectivity index (χ0v) is 10.4. The van der Waals surface area contributed by atoms with Crippen LogP contribution in [-0.4, -0.2) is 16.9 Å². The van der Waals surface area contributed by atoms with Crippen LogP contribution in [-0.2, 0) is 16.0 Å². The van der Waals surface area contributed by atoms with Gasteiger partial charge in [-0.2, -0.15) is 0 Å². The van der Waals surface area contributed by atoms with Crippen LogP contribution in [0.3, 0.4) is 0 Å². The topological polar surface area (TPSA) is 54.4 Å². The van der Waals surface area contributed by atoms with Gasteiger partial charge in [-0.25, -0.2) is 4.79 Å². The van der Waals surface area contributed by atoms with Gasteiger partial charge in [-0.1, -0.05) is 58.0 Å². The van der Waals surface area contributed by atoms with Crippen molar-refractivity contribution in [3.8, 4) is 0 Å². The molecule has 0 saturated heterocycles. The largest absolute Gasteiger partial charge is 0.475 e. The van der Waals surface area contributed by atoms with Crippen LogP contribution < -0.4 is 0 Å². The number of Topliss-reactive ketones (excluding diaryl/α,β-unsaturated/α-hetero) is 1. The van der Waals surface area contributed by atoms with Crippen LogP contribution in [0.4, 0.5) is 0 Å². The number of aliphatic carboxylic acids is 1. The monoisotopic (exact) mass is 224 g/mol. The van der Waals surface area contributed by atoms with Gasteiger partial charge in [0.25, 0.3) is 0 Å². The lowest BCUT2D eigenvalue weighted by Gasteiger charge is -1.94. The van der Waals surface area contributed by atoms with Crippen molar-refractivity contribution in [2.24, 2.45) is 0 Å². The fourth-order valence-corrected chi connectivity index (χ4v) is 0.857. The van der Waals surface area contributed by atoms with E-state index in [1.54, 1.807) is 24.3 Å². The first-order valence-corrected chi connectivity index (χ1v) is 5.50. The predicted molar refractivity (Wildman–Crippen MR) is 65.5 cm³/mol. The Morgan fingerprint density at radius 1 is 1.00 bits per heavy atom. The molecule has 1 N–H and O–H groups in total. The molecule has 0 saturated carbocycles. The number of hydrogen-bond donors (Lipinski definition) is 1. The Bertz CT molecular complexity index is 291. The first-order valence-electron chi connectivity index (χ1n) is 5.50. The van der Waals surface area contributed by atoms with Crippen LogP contribution in [0.15, 0.2) is 30.3 Å². The van der Waals surface area contributed by atoms with Gasteiger partial charge < -0.3 is 5.11 Å². The molecule has 3 nitrogen and oxygen atoms in total. The molecule has 16 heavy (non-hydrogen) atoms. The molecule has 0 spiro atoms. The van der Waals surface area contributed by atoms with Crippen LogP contribution in [0.1, 0.15) is 33.3 Å². The molecule has 0 aliphatic carbocycles. The minimum absolute atomic E-state index is 0.0316. The molecule has 0 unspecified atom stereocenters. The summed E-state index contributed by atoms with van der Waals surface area (Å²) < 4.78 is 0. The highest BCUT2D eigenvalue weighted by atomic mass is 16.4. The van der Waals surface area contributed by atoms with Crippen LogP contribution in [0, 0.1) is 0 Å². The van der Waals surface area contributed by atoms with Crippen molar-refractivity contribution >= 4 is 11.8 Å². The maximum Gasteiger partial charge on any atom is 0.372 e. The second-order valence-electron chi connectivity index (χ2n) is 2.39. The Morgan fingerprint density at radius 2 is 1.44 bits per heavy atom. The van der Waals surface area contributed by atoms with Crippen molar-refractivity contribution in [1.29, 1.82) is 0 Å². The van der Waals surface area contributed by atoms with Gasteiger partial charge in [0, 0.05) is 6.42 Å². The molecule has 0 fully saturated rings. The number of carbonyl (C=O) groups excluding carboxylic acids is 1. The third kappa shape index (κ3) is 7.74. The fourth-order valence-electron chi connectivity index (χ4n) is 0.857. The van der Waals surface area contributed by atoms with Gasteiger partial charge in [0.2, 0.25) is 5.78 Å². The summed E-state index contributed by atoms with van der Waals surface area (Å²) in [6.07, 6.45) is -0.0316. The summed E-state index contributed by atoms with van der Waals surface area (Å²) in [6, 6.07) is 8.80. The number of rotatable bonds is 3. The molecule has 0 atom stereocenters. The number of carboxylic acids is 1. The average Bonchev–Trinajstić information content (AvgIpc) is 2.35. The molecule has 3 heteroatoms. The standard InChI is InChI=1S/C9H8O3.2C2H6/c10-8(9(11)12)6-7-4-2-1-3-5-7;2*1-2/h1-5H,6H2,(H,11,12);2*1-2H3. The van der Waals surface area contributed by atoms with Gasteiger partial charge in [-0.05, 0) is 5.56 Å². The maximum atomic E-state index is 10.7.